The van der Waals surface area contributed by atoms with Crippen LogP contribution in [0.5, 0.6) is 5.75 Å². The van der Waals surface area contributed by atoms with E-state index in [0.29, 0.717) is 6.04 Å². The molecule has 2 nitrogen and oxygen atoms in total. The van der Waals surface area contributed by atoms with Gasteiger partial charge in [0.1, 0.15) is 5.75 Å². The molecule has 1 aromatic rings. The quantitative estimate of drug-likeness (QED) is 0.814. The molecule has 1 aromatic carbocycles. The number of rotatable bonds is 5. The van der Waals surface area contributed by atoms with Gasteiger partial charge in [0.2, 0.25) is 0 Å². The first-order valence-corrected chi connectivity index (χ1v) is 7.30. The number of benzene rings is 1. The molecular formula is C17H25NO. The van der Waals surface area contributed by atoms with Crippen LogP contribution >= 0.6 is 0 Å². The molecule has 19 heavy (non-hydrogen) atoms. The second kappa shape index (κ2) is 7.34. The van der Waals surface area contributed by atoms with E-state index < -0.39 is 0 Å². The second-order valence-corrected chi connectivity index (χ2v) is 5.45. The normalized spacial score (nSPS) is 20.3. The molecule has 0 aliphatic carbocycles. The molecule has 1 heterocycles. The van der Waals surface area contributed by atoms with Crippen LogP contribution in [0, 0.1) is 0 Å². The molecule has 0 amide bonds. The first-order valence-electron chi connectivity index (χ1n) is 7.30. The predicted octanol–water partition coefficient (Wildman–Crippen LogP) is 3.72. The number of methoxy groups -OCH3 is 1. The lowest BCUT2D eigenvalue weighted by Gasteiger charge is -2.23. The van der Waals surface area contributed by atoms with Gasteiger partial charge in [-0.25, -0.2) is 0 Å². The summed E-state index contributed by atoms with van der Waals surface area (Å²) < 4.78 is 5.17. The van der Waals surface area contributed by atoms with Crippen molar-refractivity contribution >= 4 is 0 Å². The summed E-state index contributed by atoms with van der Waals surface area (Å²) in [6, 6.07) is 9.03. The Bertz CT molecular complexity index is 402. The lowest BCUT2D eigenvalue weighted by atomic mass is 9.97. The van der Waals surface area contributed by atoms with Crippen molar-refractivity contribution in [3.05, 3.63) is 41.5 Å². The fourth-order valence-electron chi connectivity index (χ4n) is 2.62. The van der Waals surface area contributed by atoms with E-state index in [2.05, 4.69) is 30.4 Å². The molecule has 0 saturated carbocycles. The van der Waals surface area contributed by atoms with Crippen molar-refractivity contribution in [1.29, 1.82) is 0 Å². The molecule has 2 heteroatoms. The van der Waals surface area contributed by atoms with Gasteiger partial charge in [-0.3, -0.25) is 0 Å². The lowest BCUT2D eigenvalue weighted by molar-refractivity contribution is 0.398. The zero-order chi connectivity index (χ0) is 13.5. The highest BCUT2D eigenvalue weighted by Gasteiger charge is 2.12. The summed E-state index contributed by atoms with van der Waals surface area (Å²) in [7, 11) is 1.70. The zero-order valence-electron chi connectivity index (χ0n) is 12.1. The van der Waals surface area contributed by atoms with Crippen molar-refractivity contribution in [1.82, 2.24) is 5.32 Å². The third-order valence-electron chi connectivity index (χ3n) is 3.83. The Hall–Kier alpha value is -1.28. The monoisotopic (exact) mass is 259 g/mol. The maximum absolute atomic E-state index is 5.17. The molecule has 1 atom stereocenters. The first kappa shape index (κ1) is 14.1. The molecule has 0 aromatic heterocycles. The van der Waals surface area contributed by atoms with Gasteiger partial charge in [-0.2, -0.15) is 0 Å². The fraction of sp³-hybridized carbons (Fsp3) is 0.529. The van der Waals surface area contributed by atoms with Gasteiger partial charge in [-0.15, -0.1) is 0 Å². The minimum Gasteiger partial charge on any atom is -0.497 e. The van der Waals surface area contributed by atoms with Gasteiger partial charge in [-0.1, -0.05) is 30.2 Å². The van der Waals surface area contributed by atoms with Gasteiger partial charge >= 0.3 is 0 Å². The van der Waals surface area contributed by atoms with E-state index in [0.717, 1.165) is 12.2 Å². The molecule has 1 aliphatic rings. The van der Waals surface area contributed by atoms with Crippen LogP contribution in [0.25, 0.3) is 0 Å². The number of hydrogen-bond donors (Lipinski definition) is 1. The third kappa shape index (κ3) is 4.71. The molecule has 0 radical (unpaired) electrons. The summed E-state index contributed by atoms with van der Waals surface area (Å²) in [5.74, 6) is 0.927. The lowest BCUT2D eigenvalue weighted by Crippen LogP contribution is -2.33. The van der Waals surface area contributed by atoms with E-state index in [1.54, 1.807) is 7.11 Å². The van der Waals surface area contributed by atoms with Crippen molar-refractivity contribution in [3.63, 3.8) is 0 Å². The van der Waals surface area contributed by atoms with E-state index in [-0.39, 0.29) is 0 Å². The standard InChI is InChI=1S/C17H25NO/c1-14(13-16-5-3-4-12-18-16)6-7-15-8-10-17(19-2)11-9-15/h6,8-11,16,18H,3-5,7,12-13H2,1-2H3/b14-6-. The van der Waals surface area contributed by atoms with Crippen LogP contribution < -0.4 is 10.1 Å². The highest BCUT2D eigenvalue weighted by molar-refractivity contribution is 5.28. The van der Waals surface area contributed by atoms with Crippen molar-refractivity contribution in [3.8, 4) is 5.75 Å². The Morgan fingerprint density at radius 2 is 2.11 bits per heavy atom. The Labute approximate surface area is 116 Å². The van der Waals surface area contributed by atoms with Crippen LogP contribution in [0.2, 0.25) is 0 Å². The molecule has 104 valence electrons. The minimum absolute atomic E-state index is 0.695. The summed E-state index contributed by atoms with van der Waals surface area (Å²) in [6.45, 7) is 3.44. The number of hydrogen-bond acceptors (Lipinski definition) is 2. The van der Waals surface area contributed by atoms with E-state index in [9.17, 15) is 0 Å². The van der Waals surface area contributed by atoms with E-state index in [1.807, 2.05) is 12.1 Å². The molecule has 0 spiro atoms. The molecule has 1 fully saturated rings. The second-order valence-electron chi connectivity index (χ2n) is 5.45. The topological polar surface area (TPSA) is 21.3 Å². The molecule has 1 unspecified atom stereocenters. The van der Waals surface area contributed by atoms with Crippen LogP contribution in [0.1, 0.15) is 38.2 Å². The first-order chi connectivity index (χ1) is 9.28. The van der Waals surface area contributed by atoms with Gasteiger partial charge in [0.05, 0.1) is 7.11 Å². The minimum atomic E-state index is 0.695. The van der Waals surface area contributed by atoms with Crippen LogP contribution in [0.3, 0.4) is 0 Å². The number of nitrogens with one attached hydrogen (secondary N) is 1. The Kier molecular flexibility index (Phi) is 5.46. The highest BCUT2D eigenvalue weighted by atomic mass is 16.5. The highest BCUT2D eigenvalue weighted by Crippen LogP contribution is 2.16. The van der Waals surface area contributed by atoms with Crippen LogP contribution in [-0.4, -0.2) is 19.7 Å². The summed E-state index contributed by atoms with van der Waals surface area (Å²) >= 11 is 0. The molecule has 0 bridgehead atoms. The van der Waals surface area contributed by atoms with Gasteiger partial charge in [0, 0.05) is 6.04 Å². The Morgan fingerprint density at radius 3 is 2.74 bits per heavy atom. The van der Waals surface area contributed by atoms with Gasteiger partial charge in [0.15, 0.2) is 0 Å². The Morgan fingerprint density at radius 1 is 1.32 bits per heavy atom. The fourth-order valence-corrected chi connectivity index (χ4v) is 2.62. The van der Waals surface area contributed by atoms with Gasteiger partial charge < -0.3 is 10.1 Å². The molecular weight excluding hydrogens is 234 g/mol. The SMILES string of the molecule is COc1ccc(C/C=C(/C)CC2CCCCN2)cc1. The maximum Gasteiger partial charge on any atom is 0.118 e. The number of ether oxygens (including phenoxy) is 1. The average molecular weight is 259 g/mol. The third-order valence-corrected chi connectivity index (χ3v) is 3.83. The zero-order valence-corrected chi connectivity index (χ0v) is 12.1. The largest absolute Gasteiger partial charge is 0.497 e. The summed E-state index contributed by atoms with van der Waals surface area (Å²) in [6.07, 6.45) is 8.61. The summed E-state index contributed by atoms with van der Waals surface area (Å²) in [5.41, 5.74) is 2.84. The molecule has 1 saturated heterocycles. The van der Waals surface area contributed by atoms with Crippen molar-refractivity contribution in [2.75, 3.05) is 13.7 Å². The van der Waals surface area contributed by atoms with E-state index in [4.69, 9.17) is 4.74 Å². The summed E-state index contributed by atoms with van der Waals surface area (Å²) in [5, 5.41) is 3.61. The molecule has 2 rings (SSSR count). The van der Waals surface area contributed by atoms with Crippen molar-refractivity contribution < 1.29 is 4.74 Å². The Balaban J connectivity index is 1.82. The predicted molar refractivity (Wildman–Crippen MR) is 80.7 cm³/mol. The number of allylic oxidation sites excluding steroid dienone is 1. The van der Waals surface area contributed by atoms with Crippen LogP contribution in [0.15, 0.2) is 35.9 Å². The number of piperidine rings is 1. The average Bonchev–Trinajstić information content (AvgIpc) is 2.47. The molecule has 1 N–H and O–H groups in total. The van der Waals surface area contributed by atoms with Gasteiger partial charge in [0.25, 0.3) is 0 Å². The van der Waals surface area contributed by atoms with Crippen molar-refractivity contribution in [2.45, 2.75) is 45.1 Å². The summed E-state index contributed by atoms with van der Waals surface area (Å²) in [4.78, 5) is 0. The van der Waals surface area contributed by atoms with Crippen molar-refractivity contribution in [2.24, 2.45) is 0 Å². The van der Waals surface area contributed by atoms with Crippen LogP contribution in [0.4, 0.5) is 0 Å². The van der Waals surface area contributed by atoms with Crippen LogP contribution in [-0.2, 0) is 6.42 Å². The van der Waals surface area contributed by atoms with E-state index >= 15 is 0 Å². The van der Waals surface area contributed by atoms with E-state index in [1.165, 1.54) is 43.4 Å². The maximum atomic E-state index is 5.17. The molecule has 1 aliphatic heterocycles. The smallest absolute Gasteiger partial charge is 0.118 e. The van der Waals surface area contributed by atoms with Gasteiger partial charge in [-0.05, 0) is 56.8 Å².